The van der Waals surface area contributed by atoms with Crippen LogP contribution in [-0.2, 0) is 0 Å². The third-order valence-electron chi connectivity index (χ3n) is 5.01. The topological polar surface area (TPSA) is 45.3 Å². The van der Waals surface area contributed by atoms with Gasteiger partial charge in [0.25, 0.3) is 5.56 Å². The molecule has 1 aromatic heterocycles. The minimum atomic E-state index is -0.0798. The second kappa shape index (κ2) is 7.75. The number of aromatic nitrogens is 1. The predicted octanol–water partition coefficient (Wildman–Crippen LogP) is 4.06. The Labute approximate surface area is 153 Å². The molecule has 1 fully saturated rings. The van der Waals surface area contributed by atoms with E-state index in [9.17, 15) is 4.79 Å². The van der Waals surface area contributed by atoms with Crippen LogP contribution in [0, 0.1) is 0 Å². The van der Waals surface area contributed by atoms with Crippen molar-refractivity contribution in [2.75, 3.05) is 26.2 Å². The van der Waals surface area contributed by atoms with Crippen molar-refractivity contribution in [1.82, 2.24) is 9.88 Å². The quantitative estimate of drug-likeness (QED) is 0.683. The Morgan fingerprint density at radius 3 is 2.38 bits per heavy atom. The number of rotatable bonds is 6. The molecule has 1 saturated heterocycles. The van der Waals surface area contributed by atoms with E-state index in [0.29, 0.717) is 12.0 Å². The molecular formula is C22H24N2O2. The first-order chi connectivity index (χ1) is 12.8. The fourth-order valence-electron chi connectivity index (χ4n) is 3.68. The Bertz CT molecular complexity index is 928. The van der Waals surface area contributed by atoms with Crippen molar-refractivity contribution in [1.29, 1.82) is 0 Å². The van der Waals surface area contributed by atoms with Crippen molar-refractivity contribution in [3.63, 3.8) is 0 Å². The number of ether oxygens (including phenoxy) is 1. The van der Waals surface area contributed by atoms with Gasteiger partial charge in [-0.25, -0.2) is 0 Å². The number of likely N-dealkylation sites (tertiary alicyclic amines) is 1. The maximum Gasteiger partial charge on any atom is 0.256 e. The molecule has 0 spiro atoms. The highest BCUT2D eigenvalue weighted by Gasteiger charge is 2.15. The first-order valence-electron chi connectivity index (χ1n) is 9.38. The van der Waals surface area contributed by atoms with Crippen LogP contribution in [-0.4, -0.2) is 36.1 Å². The number of nitrogens with one attached hydrogen (secondary N) is 1. The average molecular weight is 348 g/mol. The molecule has 1 aliphatic rings. The Morgan fingerprint density at radius 1 is 0.923 bits per heavy atom. The van der Waals surface area contributed by atoms with Crippen molar-refractivity contribution in [3.8, 4) is 17.0 Å². The molecule has 2 aromatic carbocycles. The van der Waals surface area contributed by atoms with E-state index in [4.69, 9.17) is 4.74 Å². The van der Waals surface area contributed by atoms with Gasteiger partial charge in [0.15, 0.2) is 5.75 Å². The number of benzene rings is 2. The third kappa shape index (κ3) is 3.51. The predicted molar refractivity (Wildman–Crippen MR) is 106 cm³/mol. The number of hydrogen-bond acceptors (Lipinski definition) is 3. The zero-order chi connectivity index (χ0) is 17.8. The summed E-state index contributed by atoms with van der Waals surface area (Å²) in [6.07, 6.45) is 3.61. The number of pyridine rings is 1. The molecule has 4 nitrogen and oxygen atoms in total. The van der Waals surface area contributed by atoms with Crippen LogP contribution < -0.4 is 10.3 Å². The summed E-state index contributed by atoms with van der Waals surface area (Å²) >= 11 is 0. The Hall–Kier alpha value is -2.59. The van der Waals surface area contributed by atoms with E-state index >= 15 is 0 Å². The lowest BCUT2D eigenvalue weighted by molar-refractivity contribution is 0.265. The summed E-state index contributed by atoms with van der Waals surface area (Å²) in [4.78, 5) is 18.0. The van der Waals surface area contributed by atoms with Crippen molar-refractivity contribution >= 4 is 10.8 Å². The molecule has 26 heavy (non-hydrogen) atoms. The second-order valence-electron chi connectivity index (χ2n) is 6.82. The SMILES string of the molecule is O=c1[nH]c(-c2ccccc2)c(OCCCN2CCCC2)c2ccccc12. The van der Waals surface area contributed by atoms with Crippen LogP contribution >= 0.6 is 0 Å². The second-order valence-corrected chi connectivity index (χ2v) is 6.82. The van der Waals surface area contributed by atoms with Crippen LogP contribution in [0.5, 0.6) is 5.75 Å². The van der Waals surface area contributed by atoms with Gasteiger partial charge in [-0.3, -0.25) is 4.79 Å². The summed E-state index contributed by atoms with van der Waals surface area (Å²) in [6, 6.07) is 17.6. The Morgan fingerprint density at radius 2 is 1.62 bits per heavy atom. The van der Waals surface area contributed by atoms with E-state index in [2.05, 4.69) is 9.88 Å². The van der Waals surface area contributed by atoms with E-state index in [0.717, 1.165) is 35.4 Å². The minimum Gasteiger partial charge on any atom is -0.491 e. The molecule has 0 amide bonds. The summed E-state index contributed by atoms with van der Waals surface area (Å²) in [5.74, 6) is 0.771. The molecule has 0 radical (unpaired) electrons. The zero-order valence-electron chi connectivity index (χ0n) is 14.9. The van der Waals surface area contributed by atoms with Crippen LogP contribution in [0.1, 0.15) is 19.3 Å². The van der Waals surface area contributed by atoms with Crippen molar-refractivity contribution in [3.05, 3.63) is 65.0 Å². The summed E-state index contributed by atoms with van der Waals surface area (Å²) in [6.45, 7) is 4.13. The van der Waals surface area contributed by atoms with E-state index in [1.807, 2.05) is 54.6 Å². The summed E-state index contributed by atoms with van der Waals surface area (Å²) < 4.78 is 6.22. The molecule has 0 saturated carbocycles. The van der Waals surface area contributed by atoms with Gasteiger partial charge in [-0.2, -0.15) is 0 Å². The lowest BCUT2D eigenvalue weighted by Crippen LogP contribution is -2.22. The van der Waals surface area contributed by atoms with Crippen LogP contribution in [0.2, 0.25) is 0 Å². The van der Waals surface area contributed by atoms with Gasteiger partial charge in [0, 0.05) is 17.5 Å². The maximum atomic E-state index is 12.5. The molecular weight excluding hydrogens is 324 g/mol. The first kappa shape index (κ1) is 16.9. The highest BCUT2D eigenvalue weighted by Crippen LogP contribution is 2.33. The third-order valence-corrected chi connectivity index (χ3v) is 5.01. The molecule has 0 atom stereocenters. The lowest BCUT2D eigenvalue weighted by Gasteiger charge is -2.17. The van der Waals surface area contributed by atoms with Gasteiger partial charge in [-0.05, 0) is 38.4 Å². The van der Waals surface area contributed by atoms with E-state index < -0.39 is 0 Å². The smallest absolute Gasteiger partial charge is 0.256 e. The van der Waals surface area contributed by atoms with E-state index in [-0.39, 0.29) is 5.56 Å². The molecule has 3 aromatic rings. The summed E-state index contributed by atoms with van der Waals surface area (Å²) in [7, 11) is 0. The first-order valence-corrected chi connectivity index (χ1v) is 9.38. The largest absolute Gasteiger partial charge is 0.491 e. The number of fused-ring (bicyclic) bond motifs is 1. The molecule has 2 heterocycles. The molecule has 4 heteroatoms. The van der Waals surface area contributed by atoms with Gasteiger partial charge in [-0.1, -0.05) is 48.5 Å². The number of H-pyrrole nitrogens is 1. The lowest BCUT2D eigenvalue weighted by atomic mass is 10.1. The van der Waals surface area contributed by atoms with Gasteiger partial charge in [0.1, 0.15) is 0 Å². The van der Waals surface area contributed by atoms with Crippen LogP contribution in [0.25, 0.3) is 22.0 Å². The Balaban J connectivity index is 1.64. The Kier molecular flexibility index (Phi) is 5.02. The molecule has 1 aliphatic heterocycles. The molecule has 4 rings (SSSR count). The summed E-state index contributed by atoms with van der Waals surface area (Å²) in [5, 5.41) is 1.54. The van der Waals surface area contributed by atoms with Crippen LogP contribution in [0.4, 0.5) is 0 Å². The van der Waals surface area contributed by atoms with Crippen LogP contribution in [0.3, 0.4) is 0 Å². The van der Waals surface area contributed by atoms with E-state index in [1.165, 1.54) is 25.9 Å². The average Bonchev–Trinajstić information content (AvgIpc) is 3.21. The molecule has 134 valence electrons. The van der Waals surface area contributed by atoms with Crippen molar-refractivity contribution < 1.29 is 4.74 Å². The molecule has 0 bridgehead atoms. The number of aromatic amines is 1. The molecule has 1 N–H and O–H groups in total. The normalized spacial score (nSPS) is 14.8. The standard InChI is InChI=1S/C22H24N2O2/c25-22-19-12-5-4-11-18(19)21(20(23-22)17-9-2-1-3-10-17)26-16-8-15-24-13-6-7-14-24/h1-5,9-12H,6-8,13-16H2,(H,23,25). The van der Waals surface area contributed by atoms with Crippen LogP contribution in [0.15, 0.2) is 59.4 Å². The van der Waals surface area contributed by atoms with Gasteiger partial charge in [0.05, 0.1) is 17.7 Å². The number of nitrogens with zero attached hydrogens (tertiary/aromatic N) is 1. The van der Waals surface area contributed by atoms with Gasteiger partial charge >= 0.3 is 0 Å². The van der Waals surface area contributed by atoms with Gasteiger partial charge in [-0.15, -0.1) is 0 Å². The van der Waals surface area contributed by atoms with Gasteiger partial charge in [0.2, 0.25) is 0 Å². The summed E-state index contributed by atoms with van der Waals surface area (Å²) in [5.41, 5.74) is 1.64. The minimum absolute atomic E-state index is 0.0798. The van der Waals surface area contributed by atoms with Crippen molar-refractivity contribution in [2.24, 2.45) is 0 Å². The zero-order valence-corrected chi connectivity index (χ0v) is 14.9. The highest BCUT2D eigenvalue weighted by atomic mass is 16.5. The monoisotopic (exact) mass is 348 g/mol. The van der Waals surface area contributed by atoms with E-state index in [1.54, 1.807) is 0 Å². The van der Waals surface area contributed by atoms with Gasteiger partial charge < -0.3 is 14.6 Å². The fourth-order valence-corrected chi connectivity index (χ4v) is 3.68. The highest BCUT2D eigenvalue weighted by molar-refractivity contribution is 5.92. The van der Waals surface area contributed by atoms with Crippen molar-refractivity contribution in [2.45, 2.75) is 19.3 Å². The molecule has 0 aliphatic carbocycles. The maximum absolute atomic E-state index is 12.5. The molecule has 0 unspecified atom stereocenters. The fraction of sp³-hybridized carbons (Fsp3) is 0.318. The number of hydrogen-bond donors (Lipinski definition) is 1.